The summed E-state index contributed by atoms with van der Waals surface area (Å²) >= 11 is 0. The van der Waals surface area contributed by atoms with Crippen LogP contribution in [0.2, 0.25) is 0 Å². The summed E-state index contributed by atoms with van der Waals surface area (Å²) in [6.45, 7) is 1.28. The Hall–Kier alpha value is -1.40. The molecule has 0 amide bonds. The predicted octanol–water partition coefficient (Wildman–Crippen LogP) is 0.633. The largest absolute Gasteiger partial charge is 0.504 e. The second-order valence-electron chi connectivity index (χ2n) is 3.81. The number of carbonyl (C=O) groups is 1. The van der Waals surface area contributed by atoms with Crippen molar-refractivity contribution in [3.8, 4) is 11.5 Å². The molecule has 0 spiro atoms. The van der Waals surface area contributed by atoms with Crippen molar-refractivity contribution in [1.82, 2.24) is 0 Å². The third-order valence-electron chi connectivity index (χ3n) is 2.25. The maximum atomic E-state index is 10.7. The normalized spacial score (nSPS) is 13.8. The molecule has 0 aliphatic heterocycles. The van der Waals surface area contributed by atoms with Crippen LogP contribution in [0.1, 0.15) is 5.56 Å². The first-order valence-corrected chi connectivity index (χ1v) is 7.04. The molecule has 0 aromatic heterocycles. The fraction of sp³-hybridized carbons (Fsp3) is 0.364. The molecule has 0 saturated carbocycles. The minimum Gasteiger partial charge on any atom is -0.504 e. The molecule has 1 aromatic rings. The molecule has 2 unspecified atom stereocenters. The number of ether oxygens (including phenoxy) is 1. The number of hydrogen-bond donors (Lipinski definition) is 4. The zero-order valence-corrected chi connectivity index (χ0v) is 11.2. The lowest BCUT2D eigenvalue weighted by atomic mass is 10.1. The summed E-state index contributed by atoms with van der Waals surface area (Å²) in [6, 6.07) is 3.41. The number of phenolic OH excluding ortho intramolecular Hbond substituents is 1. The van der Waals surface area contributed by atoms with Gasteiger partial charge in [0.1, 0.15) is 6.04 Å². The van der Waals surface area contributed by atoms with E-state index in [1.165, 1.54) is 18.8 Å². The molecule has 2 atom stereocenters. The molecular formula is C11H16NO6P. The molecule has 0 aliphatic carbocycles. The highest BCUT2D eigenvalue weighted by atomic mass is 31.2. The summed E-state index contributed by atoms with van der Waals surface area (Å²) in [4.78, 5) is 19.6. The highest BCUT2D eigenvalue weighted by Gasteiger charge is 2.13. The van der Waals surface area contributed by atoms with Crippen molar-refractivity contribution < 1.29 is 29.2 Å². The summed E-state index contributed by atoms with van der Waals surface area (Å²) in [6.07, 6.45) is 0.118. The number of aliphatic carboxylic acids is 1. The fourth-order valence-electron chi connectivity index (χ4n) is 1.31. The Labute approximate surface area is 111 Å². The summed E-state index contributed by atoms with van der Waals surface area (Å²) in [5.41, 5.74) is 6.03. The van der Waals surface area contributed by atoms with Crippen LogP contribution < -0.4 is 10.5 Å². The quantitative estimate of drug-likeness (QED) is 0.429. The third-order valence-corrected chi connectivity index (χ3v) is 2.73. The second-order valence-corrected chi connectivity index (χ2v) is 4.99. The second kappa shape index (κ2) is 7.25. The maximum absolute atomic E-state index is 10.7. The van der Waals surface area contributed by atoms with E-state index in [4.69, 9.17) is 25.0 Å². The highest BCUT2D eigenvalue weighted by Crippen LogP contribution is 2.29. The molecule has 106 valence electrons. The summed E-state index contributed by atoms with van der Waals surface area (Å²) in [7, 11) is -1.54. The van der Waals surface area contributed by atoms with Crippen LogP contribution in [0.3, 0.4) is 0 Å². The van der Waals surface area contributed by atoms with E-state index in [1.807, 2.05) is 0 Å². The number of phenols is 1. The van der Waals surface area contributed by atoms with Crippen molar-refractivity contribution in [3.05, 3.63) is 23.8 Å². The Morgan fingerprint density at radius 2 is 2.21 bits per heavy atom. The number of carboxylic acid groups (broad SMARTS) is 1. The van der Waals surface area contributed by atoms with Crippen LogP contribution in [-0.2, 0) is 15.7 Å². The average molecular weight is 289 g/mol. The standard InChI is InChI=1S/C11H16NO6P/c1-19(16)18-6-17-10-5-7(2-3-9(10)13)4-8(12)11(14)15/h2-3,5,8,13,16H,4,6,12H2,1H3,(H,14,15). The zero-order valence-electron chi connectivity index (χ0n) is 10.3. The first-order valence-electron chi connectivity index (χ1n) is 5.38. The van der Waals surface area contributed by atoms with E-state index in [1.54, 1.807) is 6.07 Å². The van der Waals surface area contributed by atoms with Crippen LogP contribution in [0.15, 0.2) is 18.2 Å². The number of aromatic hydroxyl groups is 1. The summed E-state index contributed by atoms with van der Waals surface area (Å²) in [5, 5.41) is 18.3. The van der Waals surface area contributed by atoms with E-state index in [0.717, 1.165) is 0 Å². The van der Waals surface area contributed by atoms with Crippen LogP contribution in [-0.4, -0.2) is 40.6 Å². The van der Waals surface area contributed by atoms with Crippen LogP contribution in [0.5, 0.6) is 11.5 Å². The molecule has 19 heavy (non-hydrogen) atoms. The highest BCUT2D eigenvalue weighted by molar-refractivity contribution is 7.45. The molecule has 7 nitrogen and oxygen atoms in total. The minimum absolute atomic E-state index is 0.102. The third kappa shape index (κ3) is 5.40. The first kappa shape index (κ1) is 15.7. The van der Waals surface area contributed by atoms with Gasteiger partial charge in [-0.3, -0.25) is 9.32 Å². The van der Waals surface area contributed by atoms with Crippen LogP contribution in [0.4, 0.5) is 0 Å². The van der Waals surface area contributed by atoms with Gasteiger partial charge in [-0.15, -0.1) is 0 Å². The van der Waals surface area contributed by atoms with E-state index in [0.29, 0.717) is 5.56 Å². The first-order chi connectivity index (χ1) is 8.90. The maximum Gasteiger partial charge on any atom is 0.320 e. The Morgan fingerprint density at radius 3 is 2.79 bits per heavy atom. The van der Waals surface area contributed by atoms with Crippen LogP contribution in [0.25, 0.3) is 0 Å². The molecule has 0 aliphatic rings. The fourth-order valence-corrected chi connectivity index (χ4v) is 1.51. The minimum atomic E-state index is -1.54. The SMILES string of the molecule is CP(O)OCOc1cc(CC(N)C(=O)O)ccc1O. The van der Waals surface area contributed by atoms with Gasteiger partial charge in [-0.05, 0) is 24.1 Å². The van der Waals surface area contributed by atoms with Gasteiger partial charge in [0.2, 0.25) is 0 Å². The average Bonchev–Trinajstić information content (AvgIpc) is 2.32. The van der Waals surface area contributed by atoms with Gasteiger partial charge in [0.15, 0.2) is 26.7 Å². The van der Waals surface area contributed by atoms with Crippen molar-refractivity contribution in [2.24, 2.45) is 5.73 Å². The van der Waals surface area contributed by atoms with Crippen molar-refractivity contribution in [1.29, 1.82) is 0 Å². The van der Waals surface area contributed by atoms with Gasteiger partial charge in [0, 0.05) is 6.66 Å². The van der Waals surface area contributed by atoms with Gasteiger partial charge < -0.3 is 25.6 Å². The number of benzene rings is 1. The Balaban J connectivity index is 2.68. The number of nitrogens with two attached hydrogens (primary N) is 1. The van der Waals surface area contributed by atoms with E-state index in [9.17, 15) is 9.90 Å². The molecule has 0 radical (unpaired) electrons. The Kier molecular flexibility index (Phi) is 5.98. The van der Waals surface area contributed by atoms with Crippen molar-refractivity contribution in [3.63, 3.8) is 0 Å². The van der Waals surface area contributed by atoms with Crippen molar-refractivity contribution in [2.45, 2.75) is 12.5 Å². The molecular weight excluding hydrogens is 273 g/mol. The summed E-state index contributed by atoms with van der Waals surface area (Å²) < 4.78 is 9.95. The van der Waals surface area contributed by atoms with Gasteiger partial charge in [-0.2, -0.15) is 0 Å². The molecule has 0 heterocycles. The number of rotatable bonds is 7. The van der Waals surface area contributed by atoms with Crippen LogP contribution in [0, 0.1) is 0 Å². The van der Waals surface area contributed by atoms with E-state index < -0.39 is 20.4 Å². The molecule has 0 saturated heterocycles. The molecule has 0 bridgehead atoms. The van der Waals surface area contributed by atoms with E-state index in [-0.39, 0.29) is 24.7 Å². The van der Waals surface area contributed by atoms with Gasteiger partial charge >= 0.3 is 5.97 Å². The lowest BCUT2D eigenvalue weighted by Gasteiger charge is -2.12. The van der Waals surface area contributed by atoms with Crippen molar-refractivity contribution >= 4 is 14.3 Å². The number of hydrogen-bond acceptors (Lipinski definition) is 6. The lowest BCUT2D eigenvalue weighted by molar-refractivity contribution is -0.138. The zero-order chi connectivity index (χ0) is 14.4. The molecule has 1 rings (SSSR count). The Bertz CT molecular complexity index is 439. The van der Waals surface area contributed by atoms with E-state index >= 15 is 0 Å². The van der Waals surface area contributed by atoms with Gasteiger partial charge in [0.25, 0.3) is 0 Å². The monoisotopic (exact) mass is 289 g/mol. The van der Waals surface area contributed by atoms with Crippen molar-refractivity contribution in [2.75, 3.05) is 13.5 Å². The molecule has 1 aromatic carbocycles. The summed E-state index contributed by atoms with van der Waals surface area (Å²) in [5.74, 6) is -1.06. The lowest BCUT2D eigenvalue weighted by Crippen LogP contribution is -2.32. The van der Waals surface area contributed by atoms with Gasteiger partial charge in [-0.1, -0.05) is 6.07 Å². The topological polar surface area (TPSA) is 122 Å². The molecule has 8 heteroatoms. The van der Waals surface area contributed by atoms with Gasteiger partial charge in [-0.25, -0.2) is 0 Å². The Morgan fingerprint density at radius 1 is 1.53 bits per heavy atom. The van der Waals surface area contributed by atoms with E-state index in [2.05, 4.69) is 0 Å². The smallest absolute Gasteiger partial charge is 0.320 e. The number of carboxylic acids is 1. The predicted molar refractivity (Wildman–Crippen MR) is 69.1 cm³/mol. The van der Waals surface area contributed by atoms with Crippen LogP contribution >= 0.6 is 8.38 Å². The molecule has 5 N–H and O–H groups in total. The molecule has 0 fully saturated rings. The van der Waals surface area contributed by atoms with Gasteiger partial charge in [0.05, 0.1) is 0 Å².